The van der Waals surface area contributed by atoms with Gasteiger partial charge >= 0.3 is 12.3 Å². The van der Waals surface area contributed by atoms with Gasteiger partial charge in [0.05, 0.1) is 6.26 Å². The van der Waals surface area contributed by atoms with Crippen LogP contribution >= 0.6 is 11.6 Å². The average molecular weight is 567 g/mol. The van der Waals surface area contributed by atoms with E-state index in [4.69, 9.17) is 11.6 Å². The number of halogens is 4. The van der Waals surface area contributed by atoms with Crippen molar-refractivity contribution in [3.63, 3.8) is 0 Å². The van der Waals surface area contributed by atoms with Crippen LogP contribution < -0.4 is 4.90 Å². The van der Waals surface area contributed by atoms with Crippen LogP contribution in [0, 0.1) is 5.41 Å². The summed E-state index contributed by atoms with van der Waals surface area (Å²) in [6.45, 7) is 5.86. The van der Waals surface area contributed by atoms with Crippen molar-refractivity contribution in [1.82, 2.24) is 14.1 Å². The third-order valence-corrected chi connectivity index (χ3v) is 9.38. The van der Waals surface area contributed by atoms with Crippen LogP contribution in [0.5, 0.6) is 0 Å². The Balaban J connectivity index is 1.35. The van der Waals surface area contributed by atoms with Crippen molar-refractivity contribution in [2.45, 2.75) is 45.0 Å². The van der Waals surface area contributed by atoms with E-state index < -0.39 is 28.4 Å². The molecule has 3 saturated heterocycles. The number of carbonyl (C=O) groups excluding carboxylic acids is 1. The Bertz CT molecular complexity index is 1090. The van der Waals surface area contributed by atoms with E-state index >= 15 is 0 Å². The van der Waals surface area contributed by atoms with Gasteiger partial charge in [-0.05, 0) is 49.3 Å². The first-order valence-corrected chi connectivity index (χ1v) is 14.7. The molecule has 0 aromatic heterocycles. The van der Waals surface area contributed by atoms with Gasteiger partial charge in [-0.2, -0.15) is 13.2 Å². The first-order valence-electron chi connectivity index (χ1n) is 12.5. The van der Waals surface area contributed by atoms with Crippen LogP contribution in [0.15, 0.2) is 18.2 Å². The number of amides is 1. The van der Waals surface area contributed by atoms with E-state index in [9.17, 15) is 26.4 Å². The van der Waals surface area contributed by atoms with E-state index in [1.165, 1.54) is 11.2 Å². The van der Waals surface area contributed by atoms with Crippen LogP contribution in [0.1, 0.15) is 31.7 Å². The molecule has 0 N–H and O–H groups in total. The first kappa shape index (κ1) is 28.3. The molecule has 0 bridgehead atoms. The normalized spacial score (nSPS) is 22.4. The summed E-state index contributed by atoms with van der Waals surface area (Å²) in [6.07, 6.45) is -3.75. The van der Waals surface area contributed by atoms with Gasteiger partial charge in [0, 0.05) is 69.6 Å². The third kappa shape index (κ3) is 6.82. The molecule has 1 aromatic rings. The van der Waals surface area contributed by atoms with E-state index in [0.717, 1.165) is 50.5 Å². The number of benzene rings is 1. The number of hydrogen-bond donors (Lipinski definition) is 0. The molecule has 3 aliphatic rings. The standard InChI is InChI=1S/C24H34ClF3N4O4S/c1-18(24(26,27)28)36-22(33)30-13-11-29(12-14-30)16-19-3-4-20(25)15-21(19)31-8-5-23(17-31)6-9-32(10-7-23)37(2,34)35/h3-4,15,18H,5-14,16-17H2,1-2H3. The molecule has 1 unspecified atom stereocenters. The molecular formula is C24H34ClF3N4O4S. The van der Waals surface area contributed by atoms with Crippen molar-refractivity contribution < 1.29 is 31.1 Å². The van der Waals surface area contributed by atoms with Crippen molar-refractivity contribution in [3.05, 3.63) is 28.8 Å². The van der Waals surface area contributed by atoms with E-state index in [0.29, 0.717) is 37.7 Å². The smallest absolute Gasteiger partial charge is 0.425 e. The number of sulfonamides is 1. The summed E-state index contributed by atoms with van der Waals surface area (Å²) in [5.41, 5.74) is 2.23. The fourth-order valence-corrected chi connectivity index (χ4v) is 6.44. The average Bonchev–Trinajstić information content (AvgIpc) is 3.22. The summed E-state index contributed by atoms with van der Waals surface area (Å²) in [5, 5.41) is 0.637. The molecule has 0 saturated carbocycles. The van der Waals surface area contributed by atoms with E-state index in [-0.39, 0.29) is 18.5 Å². The molecule has 3 fully saturated rings. The molecule has 1 atom stereocenters. The first-order chi connectivity index (χ1) is 17.3. The number of piperazine rings is 1. The maximum atomic E-state index is 12.7. The monoisotopic (exact) mass is 566 g/mol. The quantitative estimate of drug-likeness (QED) is 0.540. The molecular weight excluding hydrogens is 533 g/mol. The molecule has 1 amide bonds. The second kappa shape index (κ2) is 10.8. The highest BCUT2D eigenvalue weighted by Gasteiger charge is 2.43. The minimum Gasteiger partial charge on any atom is -0.437 e. The number of carbonyl (C=O) groups is 1. The fraction of sp³-hybridized carbons (Fsp3) is 0.708. The molecule has 13 heteroatoms. The number of nitrogens with zero attached hydrogens (tertiary/aromatic N) is 4. The number of alkyl halides is 3. The summed E-state index contributed by atoms with van der Waals surface area (Å²) in [6, 6.07) is 5.82. The Hall–Kier alpha value is -1.76. The summed E-state index contributed by atoms with van der Waals surface area (Å²) in [7, 11) is -3.17. The van der Waals surface area contributed by atoms with E-state index in [1.54, 1.807) is 4.31 Å². The van der Waals surface area contributed by atoms with Gasteiger partial charge in [-0.25, -0.2) is 17.5 Å². The number of hydrogen-bond acceptors (Lipinski definition) is 6. The van der Waals surface area contributed by atoms with Gasteiger partial charge in [0.15, 0.2) is 6.10 Å². The van der Waals surface area contributed by atoms with Crippen LogP contribution in [-0.4, -0.2) is 99.5 Å². The SMILES string of the molecule is CC(OC(=O)N1CCN(Cc2ccc(Cl)cc2N2CCC3(CCN(S(C)(=O)=O)CC3)C2)CC1)C(F)(F)F. The summed E-state index contributed by atoms with van der Waals surface area (Å²) in [5.74, 6) is 0. The van der Waals surface area contributed by atoms with Crippen LogP contribution in [0.25, 0.3) is 0 Å². The molecule has 1 spiro atoms. The zero-order chi connectivity index (χ0) is 27.0. The van der Waals surface area contributed by atoms with Gasteiger partial charge in [-0.15, -0.1) is 0 Å². The zero-order valence-electron chi connectivity index (χ0n) is 21.1. The number of rotatable bonds is 5. The highest BCUT2D eigenvalue weighted by atomic mass is 35.5. The number of piperidine rings is 1. The van der Waals surface area contributed by atoms with Gasteiger partial charge in [-0.3, -0.25) is 4.90 Å². The lowest BCUT2D eigenvalue weighted by Gasteiger charge is -2.38. The lowest BCUT2D eigenvalue weighted by molar-refractivity contribution is -0.200. The lowest BCUT2D eigenvalue weighted by atomic mass is 9.78. The maximum absolute atomic E-state index is 12.7. The molecule has 4 rings (SSSR count). The van der Waals surface area contributed by atoms with Crippen molar-refractivity contribution in [1.29, 1.82) is 0 Å². The second-order valence-corrected chi connectivity index (χ2v) is 12.9. The molecule has 8 nitrogen and oxygen atoms in total. The van der Waals surface area contributed by atoms with Crippen LogP contribution in [0.2, 0.25) is 5.02 Å². The van der Waals surface area contributed by atoms with E-state index in [2.05, 4.69) is 14.5 Å². The van der Waals surface area contributed by atoms with Gasteiger partial charge < -0.3 is 14.5 Å². The molecule has 1 aromatic carbocycles. The van der Waals surface area contributed by atoms with Crippen molar-refractivity contribution in [3.8, 4) is 0 Å². The van der Waals surface area contributed by atoms with Gasteiger partial charge in [0.2, 0.25) is 10.0 Å². The van der Waals surface area contributed by atoms with Crippen molar-refractivity contribution in [2.24, 2.45) is 5.41 Å². The summed E-state index contributed by atoms with van der Waals surface area (Å²) < 4.78 is 68.1. The predicted octanol–water partition coefficient (Wildman–Crippen LogP) is 3.80. The lowest BCUT2D eigenvalue weighted by Crippen LogP contribution is -2.49. The largest absolute Gasteiger partial charge is 0.437 e. The zero-order valence-corrected chi connectivity index (χ0v) is 22.7. The Morgan fingerprint density at radius 2 is 1.70 bits per heavy atom. The highest BCUT2D eigenvalue weighted by Crippen LogP contribution is 2.43. The van der Waals surface area contributed by atoms with Gasteiger partial charge in [-0.1, -0.05) is 17.7 Å². The maximum Gasteiger partial charge on any atom is 0.425 e. The predicted molar refractivity (Wildman–Crippen MR) is 135 cm³/mol. The summed E-state index contributed by atoms with van der Waals surface area (Å²) >= 11 is 6.36. The van der Waals surface area contributed by atoms with Crippen molar-refractivity contribution >= 4 is 33.4 Å². The number of ether oxygens (including phenoxy) is 1. The minimum absolute atomic E-state index is 0.0836. The topological polar surface area (TPSA) is 73.4 Å². The summed E-state index contributed by atoms with van der Waals surface area (Å²) in [4.78, 5) is 18.0. The van der Waals surface area contributed by atoms with Crippen LogP contribution in [0.3, 0.4) is 0 Å². The highest BCUT2D eigenvalue weighted by molar-refractivity contribution is 7.88. The second-order valence-electron chi connectivity index (χ2n) is 10.4. The Labute approximate surface area is 221 Å². The Morgan fingerprint density at radius 3 is 2.30 bits per heavy atom. The molecule has 0 aliphatic carbocycles. The molecule has 208 valence electrons. The molecule has 3 aliphatic heterocycles. The third-order valence-electron chi connectivity index (χ3n) is 7.84. The Kier molecular flexibility index (Phi) is 8.23. The minimum atomic E-state index is -4.58. The molecule has 37 heavy (non-hydrogen) atoms. The fourth-order valence-electron chi connectivity index (χ4n) is 5.43. The van der Waals surface area contributed by atoms with Crippen LogP contribution in [-0.2, 0) is 21.3 Å². The number of anilines is 1. The molecule has 0 radical (unpaired) electrons. The van der Waals surface area contributed by atoms with E-state index in [1.807, 2.05) is 18.2 Å². The van der Waals surface area contributed by atoms with Crippen molar-refractivity contribution in [2.75, 3.05) is 63.5 Å². The Morgan fingerprint density at radius 1 is 1.08 bits per heavy atom. The van der Waals surface area contributed by atoms with Crippen LogP contribution in [0.4, 0.5) is 23.7 Å². The van der Waals surface area contributed by atoms with Gasteiger partial charge in [0.25, 0.3) is 0 Å². The van der Waals surface area contributed by atoms with Gasteiger partial charge in [0.1, 0.15) is 0 Å². The molecule has 3 heterocycles.